The molecule has 1 amide bonds. The van der Waals surface area contributed by atoms with Gasteiger partial charge in [0.1, 0.15) is 11.5 Å². The van der Waals surface area contributed by atoms with Gasteiger partial charge in [0.2, 0.25) is 0 Å². The van der Waals surface area contributed by atoms with Gasteiger partial charge in [-0.25, -0.2) is 0 Å². The van der Waals surface area contributed by atoms with Gasteiger partial charge in [-0.1, -0.05) is 25.1 Å². The Balaban J connectivity index is 2.25. The number of amides is 1. The van der Waals surface area contributed by atoms with Gasteiger partial charge in [0.15, 0.2) is 0 Å². The van der Waals surface area contributed by atoms with Crippen LogP contribution in [0.15, 0.2) is 18.2 Å². The van der Waals surface area contributed by atoms with Crippen LogP contribution >= 0.6 is 12.2 Å². The van der Waals surface area contributed by atoms with E-state index < -0.39 is 11.4 Å². The van der Waals surface area contributed by atoms with Crippen LogP contribution < -0.4 is 15.8 Å². The van der Waals surface area contributed by atoms with E-state index in [0.29, 0.717) is 10.7 Å². The minimum Gasteiger partial charge on any atom is -0.507 e. The van der Waals surface area contributed by atoms with E-state index in [4.69, 9.17) is 22.7 Å². The minimum absolute atomic E-state index is 0.0978. The fraction of sp³-hybridized carbons (Fsp3) is 0.429. The summed E-state index contributed by atoms with van der Waals surface area (Å²) >= 11 is 5.09. The zero-order valence-electron chi connectivity index (χ0n) is 11.3. The maximum absolute atomic E-state index is 12.4. The summed E-state index contributed by atoms with van der Waals surface area (Å²) in [6.07, 6.45) is 3.42. The number of phenolic OH excluding ortho intramolecular Hbond substituents is 1. The molecule has 0 aromatic heterocycles. The second kappa shape index (κ2) is 5.66. The Bertz CT molecular complexity index is 539. The highest BCUT2D eigenvalue weighted by Crippen LogP contribution is 2.31. The molecule has 1 aromatic carbocycles. The molecule has 0 saturated heterocycles. The zero-order valence-corrected chi connectivity index (χ0v) is 12.1. The summed E-state index contributed by atoms with van der Waals surface area (Å²) in [4.78, 5) is 12.7. The molecule has 1 aliphatic carbocycles. The molecule has 0 unspecified atom stereocenters. The SMILES string of the molecule is COc1ccc(O)c(C(=O)NC2(C(N)=S)CCCC2)c1. The zero-order chi connectivity index (χ0) is 14.8. The normalized spacial score (nSPS) is 16.6. The van der Waals surface area contributed by atoms with Gasteiger partial charge in [-0.2, -0.15) is 0 Å². The lowest BCUT2D eigenvalue weighted by Gasteiger charge is -2.29. The number of carbonyl (C=O) groups is 1. The predicted molar refractivity (Wildman–Crippen MR) is 80.1 cm³/mol. The molecule has 0 heterocycles. The summed E-state index contributed by atoms with van der Waals surface area (Å²) < 4.78 is 5.06. The van der Waals surface area contributed by atoms with E-state index in [-0.39, 0.29) is 11.3 Å². The van der Waals surface area contributed by atoms with Crippen molar-refractivity contribution in [3.63, 3.8) is 0 Å². The van der Waals surface area contributed by atoms with Crippen LogP contribution in [0, 0.1) is 0 Å². The van der Waals surface area contributed by atoms with E-state index in [9.17, 15) is 9.90 Å². The third-order valence-electron chi connectivity index (χ3n) is 3.73. The van der Waals surface area contributed by atoms with Gasteiger partial charge in [-0.3, -0.25) is 4.79 Å². The smallest absolute Gasteiger partial charge is 0.255 e. The number of thiocarbonyl (C=S) groups is 1. The first-order valence-corrected chi connectivity index (χ1v) is 6.89. The van der Waals surface area contributed by atoms with Crippen molar-refractivity contribution in [2.75, 3.05) is 7.11 Å². The van der Waals surface area contributed by atoms with Crippen LogP contribution in [0.25, 0.3) is 0 Å². The average Bonchev–Trinajstić information content (AvgIpc) is 2.89. The van der Waals surface area contributed by atoms with Crippen LogP contribution in [0.2, 0.25) is 0 Å². The highest BCUT2D eigenvalue weighted by atomic mass is 32.1. The largest absolute Gasteiger partial charge is 0.507 e. The standard InChI is InChI=1S/C14H18N2O3S/c1-19-9-4-5-11(17)10(8-9)12(18)16-14(13(15)20)6-2-3-7-14/h4-5,8,17H,2-3,6-7H2,1H3,(H2,15,20)(H,16,18). The molecule has 1 aromatic rings. The van der Waals surface area contributed by atoms with Crippen molar-refractivity contribution in [3.05, 3.63) is 23.8 Å². The Labute approximate surface area is 123 Å². The quantitative estimate of drug-likeness (QED) is 0.736. The summed E-state index contributed by atoms with van der Waals surface area (Å²) in [6, 6.07) is 4.51. The lowest BCUT2D eigenvalue weighted by molar-refractivity contribution is 0.0921. The molecule has 2 rings (SSSR count). The summed E-state index contributed by atoms with van der Waals surface area (Å²) in [5.41, 5.74) is 5.30. The van der Waals surface area contributed by atoms with Crippen molar-refractivity contribution < 1.29 is 14.6 Å². The molecule has 108 valence electrons. The maximum Gasteiger partial charge on any atom is 0.255 e. The molecular weight excluding hydrogens is 276 g/mol. The Morgan fingerprint density at radius 3 is 2.65 bits per heavy atom. The molecule has 20 heavy (non-hydrogen) atoms. The number of carbonyl (C=O) groups excluding carboxylic acids is 1. The highest BCUT2D eigenvalue weighted by Gasteiger charge is 2.38. The number of aromatic hydroxyl groups is 1. The monoisotopic (exact) mass is 294 g/mol. The predicted octanol–water partition coefficient (Wildman–Crippen LogP) is 1.73. The number of methoxy groups -OCH3 is 1. The number of benzene rings is 1. The topological polar surface area (TPSA) is 84.6 Å². The van der Waals surface area contributed by atoms with Crippen molar-refractivity contribution >= 4 is 23.1 Å². The number of nitrogens with one attached hydrogen (secondary N) is 1. The molecule has 0 atom stereocenters. The summed E-state index contributed by atoms with van der Waals surface area (Å²) in [6.45, 7) is 0. The van der Waals surface area contributed by atoms with Gasteiger partial charge in [0.05, 0.1) is 23.2 Å². The summed E-state index contributed by atoms with van der Waals surface area (Å²) in [5, 5.41) is 12.7. The fourth-order valence-electron chi connectivity index (χ4n) is 2.52. The van der Waals surface area contributed by atoms with Gasteiger partial charge < -0.3 is 20.9 Å². The summed E-state index contributed by atoms with van der Waals surface area (Å²) in [7, 11) is 1.50. The number of phenols is 1. The molecule has 0 aliphatic heterocycles. The van der Waals surface area contributed by atoms with Gasteiger partial charge in [-0.15, -0.1) is 0 Å². The van der Waals surface area contributed by atoms with Crippen molar-refractivity contribution in [2.24, 2.45) is 5.73 Å². The molecule has 0 radical (unpaired) electrons. The maximum atomic E-state index is 12.4. The van der Waals surface area contributed by atoms with Crippen LogP contribution in [-0.2, 0) is 0 Å². The summed E-state index contributed by atoms with van der Waals surface area (Å²) in [5.74, 6) is 0.0132. The third-order valence-corrected chi connectivity index (χ3v) is 4.12. The van der Waals surface area contributed by atoms with Gasteiger partial charge in [-0.05, 0) is 31.0 Å². The first-order valence-electron chi connectivity index (χ1n) is 6.48. The number of hydrogen-bond acceptors (Lipinski definition) is 4. The lowest BCUT2D eigenvalue weighted by Crippen LogP contribution is -2.54. The van der Waals surface area contributed by atoms with Crippen molar-refractivity contribution in [1.82, 2.24) is 5.32 Å². The molecule has 0 bridgehead atoms. The molecule has 6 heteroatoms. The molecule has 1 aliphatic rings. The molecule has 4 N–H and O–H groups in total. The van der Waals surface area contributed by atoms with Crippen LogP contribution in [0.5, 0.6) is 11.5 Å². The first kappa shape index (κ1) is 14.6. The highest BCUT2D eigenvalue weighted by molar-refractivity contribution is 7.80. The van der Waals surface area contributed by atoms with Crippen LogP contribution in [0.4, 0.5) is 0 Å². The van der Waals surface area contributed by atoms with Crippen molar-refractivity contribution in [2.45, 2.75) is 31.2 Å². The van der Waals surface area contributed by atoms with E-state index in [1.54, 1.807) is 6.07 Å². The van der Waals surface area contributed by atoms with Gasteiger partial charge in [0.25, 0.3) is 5.91 Å². The van der Waals surface area contributed by atoms with E-state index >= 15 is 0 Å². The van der Waals surface area contributed by atoms with Crippen molar-refractivity contribution in [1.29, 1.82) is 0 Å². The first-order chi connectivity index (χ1) is 9.48. The Morgan fingerprint density at radius 1 is 1.45 bits per heavy atom. The number of rotatable bonds is 4. The second-order valence-corrected chi connectivity index (χ2v) is 5.43. The molecule has 5 nitrogen and oxygen atoms in total. The van der Waals surface area contributed by atoms with Crippen LogP contribution in [0.1, 0.15) is 36.0 Å². The van der Waals surface area contributed by atoms with E-state index in [0.717, 1.165) is 25.7 Å². The van der Waals surface area contributed by atoms with Gasteiger partial charge >= 0.3 is 0 Å². The Kier molecular flexibility index (Phi) is 4.13. The Hall–Kier alpha value is -1.82. The third kappa shape index (κ3) is 2.70. The van der Waals surface area contributed by atoms with E-state index in [1.807, 2.05) is 0 Å². The molecular formula is C14H18N2O3S. The van der Waals surface area contributed by atoms with E-state index in [2.05, 4.69) is 5.32 Å². The number of hydrogen-bond donors (Lipinski definition) is 3. The Morgan fingerprint density at radius 2 is 2.10 bits per heavy atom. The minimum atomic E-state index is -0.637. The molecule has 0 spiro atoms. The second-order valence-electron chi connectivity index (χ2n) is 4.99. The number of nitrogens with two attached hydrogens (primary N) is 1. The molecule has 1 fully saturated rings. The fourth-order valence-corrected chi connectivity index (χ4v) is 2.78. The van der Waals surface area contributed by atoms with E-state index in [1.165, 1.54) is 19.2 Å². The van der Waals surface area contributed by atoms with Crippen molar-refractivity contribution in [3.8, 4) is 11.5 Å². The molecule has 1 saturated carbocycles. The van der Waals surface area contributed by atoms with Crippen LogP contribution in [0.3, 0.4) is 0 Å². The number of ether oxygens (including phenoxy) is 1. The lowest BCUT2D eigenvalue weighted by atomic mass is 9.97. The average molecular weight is 294 g/mol. The van der Waals surface area contributed by atoms with Crippen LogP contribution in [-0.4, -0.2) is 28.7 Å². The van der Waals surface area contributed by atoms with Gasteiger partial charge in [0, 0.05) is 0 Å².